The molecule has 1 aliphatic rings. The third kappa shape index (κ3) is 4.21. The lowest BCUT2D eigenvalue weighted by molar-refractivity contribution is 0.142. The van der Waals surface area contributed by atoms with Gasteiger partial charge < -0.3 is 5.32 Å². The van der Waals surface area contributed by atoms with Crippen molar-refractivity contribution in [1.82, 2.24) is 10.2 Å². The van der Waals surface area contributed by atoms with Crippen molar-refractivity contribution in [3.05, 3.63) is 34.9 Å². The minimum absolute atomic E-state index is 0.359. The number of hydrogen-bond acceptors (Lipinski definition) is 2. The molecule has 1 unspecified atom stereocenters. The summed E-state index contributed by atoms with van der Waals surface area (Å²) < 4.78 is 0. The molecule has 1 saturated carbocycles. The van der Waals surface area contributed by atoms with Crippen LogP contribution < -0.4 is 5.32 Å². The van der Waals surface area contributed by atoms with Gasteiger partial charge in [0.05, 0.1) is 0 Å². The fourth-order valence-electron chi connectivity index (χ4n) is 3.62. The molecule has 0 heterocycles. The van der Waals surface area contributed by atoms with Gasteiger partial charge in [0.25, 0.3) is 0 Å². The molecule has 0 spiro atoms. The fraction of sp³-hybridized carbons (Fsp3) is 0.667. The summed E-state index contributed by atoms with van der Waals surface area (Å²) >= 11 is 6.36. The van der Waals surface area contributed by atoms with E-state index in [1.54, 1.807) is 0 Å². The molecule has 1 atom stereocenters. The first-order valence-corrected chi connectivity index (χ1v) is 8.61. The molecular formula is C18H29ClN2. The first-order chi connectivity index (χ1) is 10.1. The predicted octanol–water partition coefficient (Wildman–Crippen LogP) is 4.50. The highest BCUT2D eigenvalue weighted by Crippen LogP contribution is 2.39. The highest BCUT2D eigenvalue weighted by Gasteiger charge is 2.35. The SMILES string of the molecule is CCNCC1(CN(C)C(C)c2ccccc2Cl)CCCC1. The van der Waals surface area contributed by atoms with Crippen molar-refractivity contribution in [2.75, 3.05) is 26.7 Å². The molecule has 0 radical (unpaired) electrons. The Morgan fingerprint density at radius 2 is 1.95 bits per heavy atom. The van der Waals surface area contributed by atoms with Gasteiger partial charge in [-0.25, -0.2) is 0 Å². The monoisotopic (exact) mass is 308 g/mol. The van der Waals surface area contributed by atoms with Crippen LogP contribution >= 0.6 is 11.6 Å². The molecule has 1 aromatic rings. The molecule has 3 heteroatoms. The second kappa shape index (κ2) is 7.62. The van der Waals surface area contributed by atoms with Crippen LogP contribution in [0, 0.1) is 5.41 Å². The minimum Gasteiger partial charge on any atom is -0.316 e. The van der Waals surface area contributed by atoms with E-state index in [2.05, 4.69) is 43.2 Å². The first-order valence-electron chi connectivity index (χ1n) is 8.23. The highest BCUT2D eigenvalue weighted by atomic mass is 35.5. The van der Waals surface area contributed by atoms with Gasteiger partial charge >= 0.3 is 0 Å². The molecule has 0 aromatic heterocycles. The lowest BCUT2D eigenvalue weighted by Crippen LogP contribution is -2.42. The summed E-state index contributed by atoms with van der Waals surface area (Å²) in [5.74, 6) is 0. The number of halogens is 1. The maximum absolute atomic E-state index is 6.36. The van der Waals surface area contributed by atoms with Gasteiger partial charge in [-0.2, -0.15) is 0 Å². The molecule has 0 amide bonds. The van der Waals surface area contributed by atoms with E-state index in [9.17, 15) is 0 Å². The molecule has 0 bridgehead atoms. The van der Waals surface area contributed by atoms with Gasteiger partial charge in [0, 0.05) is 24.2 Å². The molecule has 1 fully saturated rings. The maximum Gasteiger partial charge on any atom is 0.0453 e. The molecule has 1 aromatic carbocycles. The third-order valence-electron chi connectivity index (χ3n) is 5.02. The van der Waals surface area contributed by atoms with Gasteiger partial charge in [0.15, 0.2) is 0 Å². The van der Waals surface area contributed by atoms with Crippen LogP contribution in [0.25, 0.3) is 0 Å². The van der Waals surface area contributed by atoms with Crippen molar-refractivity contribution in [2.45, 2.75) is 45.6 Å². The standard InChI is InChI=1S/C18H29ClN2/c1-4-20-13-18(11-7-8-12-18)14-21(3)15(2)16-9-5-6-10-17(16)19/h5-6,9-10,15,20H,4,7-8,11-14H2,1-3H3. The van der Waals surface area contributed by atoms with Crippen LogP contribution in [-0.2, 0) is 0 Å². The van der Waals surface area contributed by atoms with Gasteiger partial charge in [-0.15, -0.1) is 0 Å². The van der Waals surface area contributed by atoms with Crippen LogP contribution in [0.4, 0.5) is 0 Å². The van der Waals surface area contributed by atoms with E-state index < -0.39 is 0 Å². The Hall–Kier alpha value is -0.570. The molecule has 1 N–H and O–H groups in total. The Morgan fingerprint density at radius 3 is 2.57 bits per heavy atom. The Balaban J connectivity index is 2.05. The summed E-state index contributed by atoms with van der Waals surface area (Å²) in [6.45, 7) is 7.80. The van der Waals surface area contributed by atoms with Crippen LogP contribution in [0.3, 0.4) is 0 Å². The maximum atomic E-state index is 6.36. The van der Waals surface area contributed by atoms with Crippen LogP contribution in [0.1, 0.15) is 51.1 Å². The highest BCUT2D eigenvalue weighted by molar-refractivity contribution is 6.31. The van der Waals surface area contributed by atoms with E-state index in [0.717, 1.165) is 24.7 Å². The van der Waals surface area contributed by atoms with Gasteiger partial charge in [0.1, 0.15) is 0 Å². The number of nitrogens with zero attached hydrogens (tertiary/aromatic N) is 1. The van der Waals surface area contributed by atoms with Crippen LogP contribution in [-0.4, -0.2) is 31.6 Å². The van der Waals surface area contributed by atoms with Crippen LogP contribution in [0.2, 0.25) is 5.02 Å². The first kappa shape index (κ1) is 16.8. The van der Waals surface area contributed by atoms with Crippen molar-refractivity contribution in [1.29, 1.82) is 0 Å². The molecule has 1 aliphatic carbocycles. The van der Waals surface area contributed by atoms with Crippen molar-refractivity contribution >= 4 is 11.6 Å². The zero-order valence-electron chi connectivity index (χ0n) is 13.7. The molecule has 2 rings (SSSR count). The summed E-state index contributed by atoms with van der Waals surface area (Å²) in [5, 5.41) is 4.45. The Labute approximate surface area is 134 Å². The zero-order valence-corrected chi connectivity index (χ0v) is 14.4. The van der Waals surface area contributed by atoms with Crippen LogP contribution in [0.5, 0.6) is 0 Å². The summed E-state index contributed by atoms with van der Waals surface area (Å²) in [6, 6.07) is 8.58. The van der Waals surface area contributed by atoms with Crippen molar-refractivity contribution < 1.29 is 0 Å². The van der Waals surface area contributed by atoms with Crippen LogP contribution in [0.15, 0.2) is 24.3 Å². The van der Waals surface area contributed by atoms with Gasteiger partial charge in [-0.1, -0.05) is 49.6 Å². The van der Waals surface area contributed by atoms with E-state index in [4.69, 9.17) is 11.6 Å². The van der Waals surface area contributed by atoms with Gasteiger partial charge in [-0.05, 0) is 50.4 Å². The van der Waals surface area contributed by atoms with E-state index in [0.29, 0.717) is 11.5 Å². The molecule has 21 heavy (non-hydrogen) atoms. The molecule has 0 saturated heterocycles. The second-order valence-corrected chi connectivity index (χ2v) is 7.01. The summed E-state index contributed by atoms with van der Waals surface area (Å²) in [6.07, 6.45) is 5.44. The quantitative estimate of drug-likeness (QED) is 0.797. The molecular weight excluding hydrogens is 280 g/mol. The Kier molecular flexibility index (Phi) is 6.09. The third-order valence-corrected chi connectivity index (χ3v) is 5.36. The van der Waals surface area contributed by atoms with E-state index in [1.165, 1.54) is 31.2 Å². The van der Waals surface area contributed by atoms with E-state index in [1.807, 2.05) is 12.1 Å². The van der Waals surface area contributed by atoms with E-state index >= 15 is 0 Å². The zero-order chi connectivity index (χ0) is 15.3. The summed E-state index contributed by atoms with van der Waals surface area (Å²) in [7, 11) is 2.24. The summed E-state index contributed by atoms with van der Waals surface area (Å²) in [5.41, 5.74) is 1.68. The summed E-state index contributed by atoms with van der Waals surface area (Å²) in [4.78, 5) is 2.48. The average Bonchev–Trinajstić information content (AvgIpc) is 2.93. The Morgan fingerprint density at radius 1 is 1.29 bits per heavy atom. The van der Waals surface area contributed by atoms with Crippen molar-refractivity contribution in [2.24, 2.45) is 5.41 Å². The predicted molar refractivity (Wildman–Crippen MR) is 91.9 cm³/mol. The lowest BCUT2D eigenvalue weighted by Gasteiger charge is -2.37. The number of rotatable bonds is 7. The Bertz CT molecular complexity index is 441. The normalized spacial score (nSPS) is 19.1. The van der Waals surface area contributed by atoms with Crippen molar-refractivity contribution in [3.63, 3.8) is 0 Å². The molecule has 0 aliphatic heterocycles. The fourth-order valence-corrected chi connectivity index (χ4v) is 3.92. The van der Waals surface area contributed by atoms with E-state index in [-0.39, 0.29) is 0 Å². The smallest absolute Gasteiger partial charge is 0.0453 e. The molecule has 2 nitrogen and oxygen atoms in total. The average molecular weight is 309 g/mol. The van der Waals surface area contributed by atoms with Gasteiger partial charge in [-0.3, -0.25) is 4.90 Å². The van der Waals surface area contributed by atoms with Crippen molar-refractivity contribution in [3.8, 4) is 0 Å². The largest absolute Gasteiger partial charge is 0.316 e. The second-order valence-electron chi connectivity index (χ2n) is 6.60. The lowest BCUT2D eigenvalue weighted by atomic mass is 9.85. The molecule has 118 valence electrons. The number of nitrogens with one attached hydrogen (secondary N) is 1. The number of hydrogen-bond donors (Lipinski definition) is 1. The minimum atomic E-state index is 0.359. The number of benzene rings is 1. The van der Waals surface area contributed by atoms with Gasteiger partial charge in [0.2, 0.25) is 0 Å². The topological polar surface area (TPSA) is 15.3 Å².